The van der Waals surface area contributed by atoms with Crippen molar-refractivity contribution in [1.82, 2.24) is 21.3 Å². The Balaban J connectivity index is 2.67. The molecule has 20 nitrogen and oxygen atoms in total. The number of amides is 6. The van der Waals surface area contributed by atoms with Gasteiger partial charge in [-0.1, -0.05) is 0 Å². The molecule has 2 rings (SSSR count). The molecule has 0 saturated carbocycles. The third-order valence-electron chi connectivity index (χ3n) is 9.58. The summed E-state index contributed by atoms with van der Waals surface area (Å²) in [5.41, 5.74) is 0.897. The summed E-state index contributed by atoms with van der Waals surface area (Å²) in [5.74, 6) is -2.93. The molecule has 0 aliphatic heterocycles. The number of anilines is 2. The lowest BCUT2D eigenvalue weighted by molar-refractivity contribution is -0.109. The first-order valence-corrected chi connectivity index (χ1v) is 18.4. The molecule has 0 heterocycles. The van der Waals surface area contributed by atoms with Crippen molar-refractivity contribution in [3.8, 4) is 0 Å². The van der Waals surface area contributed by atoms with Crippen LogP contribution in [0.2, 0.25) is 0 Å². The van der Waals surface area contributed by atoms with E-state index in [-0.39, 0.29) is 93.2 Å². The zero-order chi connectivity index (χ0) is 44.0. The minimum Gasteiger partial charge on any atom is -0.395 e. The van der Waals surface area contributed by atoms with E-state index in [0.717, 1.165) is 9.80 Å². The second-order valence-corrected chi connectivity index (χ2v) is 13.6. The third-order valence-corrected chi connectivity index (χ3v) is 9.58. The Hall–Kier alpha value is -5.06. The summed E-state index contributed by atoms with van der Waals surface area (Å²) < 4.78 is 0. The van der Waals surface area contributed by atoms with Crippen LogP contribution in [0.15, 0.2) is 0 Å². The van der Waals surface area contributed by atoms with Gasteiger partial charge in [0, 0.05) is 48.4 Å². The fourth-order valence-electron chi connectivity index (χ4n) is 6.90. The standard InChI is InChI=1S/C38H56N6O14/c1-19-29(35(55)39-7-9-45)21(3)33(23(5)31(19)37(57)41-11-25(51)15-47)43(17-49)13-27(53)28(54)14-44(18-50)34-22(4)30(36(56)40-8-10-46)20(2)32(24(34)6)38(58)42-12-26(52)16-48/h17-18,25-28,45-48,51-54H,7-16H2,1-6H3,(H,39,55)(H,40,56)(H,41,57)(H,42,58). The topological polar surface area (TPSA) is 319 Å². The second-order valence-electron chi connectivity index (χ2n) is 13.6. The van der Waals surface area contributed by atoms with Gasteiger partial charge in [0.25, 0.3) is 23.6 Å². The monoisotopic (exact) mass is 820 g/mol. The van der Waals surface area contributed by atoms with Gasteiger partial charge in [-0.15, -0.1) is 0 Å². The van der Waals surface area contributed by atoms with E-state index >= 15 is 0 Å². The normalized spacial score (nSPS) is 13.1. The highest BCUT2D eigenvalue weighted by Crippen LogP contribution is 2.36. The lowest BCUT2D eigenvalue weighted by Gasteiger charge is -2.32. The number of nitrogens with one attached hydrogen (secondary N) is 4. The molecule has 0 aromatic heterocycles. The molecule has 4 unspecified atom stereocenters. The lowest BCUT2D eigenvalue weighted by atomic mass is 9.89. The number of carbonyl (C=O) groups excluding carboxylic acids is 6. The Morgan fingerprint density at radius 3 is 1.02 bits per heavy atom. The van der Waals surface area contributed by atoms with Crippen LogP contribution in [0.5, 0.6) is 0 Å². The molecule has 0 aliphatic rings. The van der Waals surface area contributed by atoms with Gasteiger partial charge in [0.1, 0.15) is 0 Å². The predicted molar refractivity (Wildman–Crippen MR) is 210 cm³/mol. The van der Waals surface area contributed by atoms with Gasteiger partial charge >= 0.3 is 0 Å². The Morgan fingerprint density at radius 2 is 0.776 bits per heavy atom. The average Bonchev–Trinajstić information content (AvgIpc) is 3.18. The minimum atomic E-state index is -1.81. The van der Waals surface area contributed by atoms with Crippen molar-refractivity contribution >= 4 is 47.8 Å². The SMILES string of the molecule is Cc1c(C(=O)NCCO)c(C)c(N(C=O)CC(O)C(O)CN(C=O)c2c(C)c(C(=O)NCCO)c(C)c(C(=O)NCC(O)CO)c2C)c(C)c1C(=O)NCC(O)CO. The number of rotatable bonds is 23. The summed E-state index contributed by atoms with van der Waals surface area (Å²) in [6.07, 6.45) is -5.61. The Labute approximate surface area is 335 Å². The number of aliphatic hydroxyl groups is 8. The highest BCUT2D eigenvalue weighted by Gasteiger charge is 2.32. The van der Waals surface area contributed by atoms with Crippen molar-refractivity contribution in [2.75, 3.05) is 75.5 Å². The highest BCUT2D eigenvalue weighted by atomic mass is 16.3. The van der Waals surface area contributed by atoms with Crippen LogP contribution in [-0.4, -0.2) is 167 Å². The van der Waals surface area contributed by atoms with Gasteiger partial charge in [0.2, 0.25) is 12.8 Å². The predicted octanol–water partition coefficient (Wildman–Crippen LogP) is -3.51. The van der Waals surface area contributed by atoms with Gasteiger partial charge in [-0.25, -0.2) is 0 Å². The van der Waals surface area contributed by atoms with Crippen molar-refractivity contribution in [3.63, 3.8) is 0 Å². The molecule has 12 N–H and O–H groups in total. The van der Waals surface area contributed by atoms with Crippen molar-refractivity contribution in [2.24, 2.45) is 0 Å². The van der Waals surface area contributed by atoms with Crippen LogP contribution in [0, 0.1) is 41.5 Å². The largest absolute Gasteiger partial charge is 0.395 e. The average molecular weight is 821 g/mol. The summed E-state index contributed by atoms with van der Waals surface area (Å²) in [5, 5.41) is 89.3. The maximum atomic E-state index is 13.4. The first kappa shape index (κ1) is 49.1. The quantitative estimate of drug-likeness (QED) is 0.0485. The zero-order valence-corrected chi connectivity index (χ0v) is 33.5. The van der Waals surface area contributed by atoms with Crippen LogP contribution in [-0.2, 0) is 9.59 Å². The van der Waals surface area contributed by atoms with Crippen molar-refractivity contribution in [2.45, 2.75) is 66.0 Å². The number of aliphatic hydroxyl groups excluding tert-OH is 8. The molecule has 0 fully saturated rings. The van der Waals surface area contributed by atoms with E-state index in [1.807, 2.05) is 0 Å². The Morgan fingerprint density at radius 1 is 0.500 bits per heavy atom. The van der Waals surface area contributed by atoms with E-state index in [2.05, 4.69) is 21.3 Å². The minimum absolute atomic E-state index is 0.00632. The second kappa shape index (κ2) is 22.8. The maximum Gasteiger partial charge on any atom is 0.252 e. The van der Waals surface area contributed by atoms with Crippen LogP contribution < -0.4 is 31.1 Å². The number of hydrogen-bond acceptors (Lipinski definition) is 14. The molecule has 20 heteroatoms. The molecule has 0 saturated heterocycles. The van der Waals surface area contributed by atoms with Crippen LogP contribution in [0.1, 0.15) is 74.8 Å². The van der Waals surface area contributed by atoms with Gasteiger partial charge < -0.3 is 71.9 Å². The molecule has 0 bridgehead atoms. The fourth-order valence-corrected chi connectivity index (χ4v) is 6.90. The van der Waals surface area contributed by atoms with Crippen LogP contribution in [0.4, 0.5) is 11.4 Å². The van der Waals surface area contributed by atoms with Gasteiger partial charge in [0.05, 0.1) is 75.3 Å². The molecule has 0 aliphatic carbocycles. The summed E-state index contributed by atoms with van der Waals surface area (Å²) in [4.78, 5) is 80.8. The molecule has 322 valence electrons. The van der Waals surface area contributed by atoms with Gasteiger partial charge in [-0.05, 0) is 74.9 Å². The van der Waals surface area contributed by atoms with Crippen LogP contribution >= 0.6 is 0 Å². The molecule has 6 amide bonds. The first-order chi connectivity index (χ1) is 27.4. The van der Waals surface area contributed by atoms with Crippen molar-refractivity contribution < 1.29 is 69.6 Å². The number of benzene rings is 2. The highest BCUT2D eigenvalue weighted by molar-refractivity contribution is 6.08. The van der Waals surface area contributed by atoms with E-state index in [9.17, 15) is 69.6 Å². The molecular formula is C38H56N6O14. The molecule has 2 aromatic rings. The smallest absolute Gasteiger partial charge is 0.252 e. The van der Waals surface area contributed by atoms with E-state index in [1.54, 1.807) is 0 Å². The number of hydrogen-bond donors (Lipinski definition) is 12. The molecule has 0 spiro atoms. The summed E-state index contributed by atoms with van der Waals surface area (Å²) in [7, 11) is 0. The van der Waals surface area contributed by atoms with Crippen molar-refractivity contribution in [1.29, 1.82) is 0 Å². The molecule has 4 atom stereocenters. The summed E-state index contributed by atoms with van der Waals surface area (Å²) in [6, 6.07) is 0. The van der Waals surface area contributed by atoms with Gasteiger partial charge in [-0.2, -0.15) is 0 Å². The maximum absolute atomic E-state index is 13.4. The summed E-state index contributed by atoms with van der Waals surface area (Å²) >= 11 is 0. The van der Waals surface area contributed by atoms with E-state index in [0.29, 0.717) is 12.8 Å². The van der Waals surface area contributed by atoms with Crippen LogP contribution in [0.25, 0.3) is 0 Å². The Bertz CT molecular complexity index is 1690. The van der Waals surface area contributed by atoms with Crippen molar-refractivity contribution in [3.05, 3.63) is 55.6 Å². The van der Waals surface area contributed by atoms with E-state index < -0.39 is 87.6 Å². The van der Waals surface area contributed by atoms with E-state index in [4.69, 9.17) is 0 Å². The first-order valence-electron chi connectivity index (χ1n) is 18.4. The number of carbonyl (C=O) groups is 6. The van der Waals surface area contributed by atoms with Crippen LogP contribution in [0.3, 0.4) is 0 Å². The zero-order valence-electron chi connectivity index (χ0n) is 33.5. The molecular weight excluding hydrogens is 764 g/mol. The third kappa shape index (κ3) is 11.5. The number of nitrogens with zero attached hydrogens (tertiary/aromatic N) is 2. The van der Waals surface area contributed by atoms with Gasteiger partial charge in [0.15, 0.2) is 0 Å². The molecule has 58 heavy (non-hydrogen) atoms. The van der Waals surface area contributed by atoms with Gasteiger partial charge in [-0.3, -0.25) is 28.8 Å². The molecule has 0 radical (unpaired) electrons. The Kier molecular flexibility index (Phi) is 19.3. The molecule has 2 aromatic carbocycles. The lowest BCUT2D eigenvalue weighted by Crippen LogP contribution is -2.45. The summed E-state index contributed by atoms with van der Waals surface area (Å²) in [6.45, 7) is 4.51. The van der Waals surface area contributed by atoms with E-state index in [1.165, 1.54) is 41.5 Å². The fraction of sp³-hybridized carbons (Fsp3) is 0.526.